The zero-order valence-electron chi connectivity index (χ0n) is 16.4. The second-order valence-corrected chi connectivity index (χ2v) is 7.76. The van der Waals surface area contributed by atoms with Gasteiger partial charge < -0.3 is 18.8 Å². The van der Waals surface area contributed by atoms with E-state index in [4.69, 9.17) is 37.4 Å². The number of hydrogen-bond donors (Lipinski definition) is 0. The van der Waals surface area contributed by atoms with E-state index in [1.165, 1.54) is 36.2 Å². The second kappa shape index (κ2) is 9.51. The minimum atomic E-state index is -0.512. The van der Waals surface area contributed by atoms with Gasteiger partial charge in [0.1, 0.15) is 6.54 Å². The van der Waals surface area contributed by atoms with Gasteiger partial charge in [0.2, 0.25) is 0 Å². The lowest BCUT2D eigenvalue weighted by atomic mass is 10.2. The molecule has 0 aliphatic heterocycles. The molecule has 0 fully saturated rings. The third kappa shape index (κ3) is 4.45. The Bertz CT molecular complexity index is 1190. The van der Waals surface area contributed by atoms with Crippen molar-refractivity contribution in [3.63, 3.8) is 0 Å². The standard InChI is InChI=1S/C20H18Cl2N2O5S/c1-4-29-16(25)10-24-18-15(8-6-12(21)17(18)22)30-20(24)23-19(26)11-5-7-13(27-2)14(9-11)28-3/h5-9H,4,10H2,1-3H3. The summed E-state index contributed by atoms with van der Waals surface area (Å²) in [6, 6.07) is 8.15. The van der Waals surface area contributed by atoms with Gasteiger partial charge in [0.05, 0.1) is 41.1 Å². The van der Waals surface area contributed by atoms with Crippen molar-refractivity contribution in [2.75, 3.05) is 20.8 Å². The number of amides is 1. The number of halogens is 2. The molecule has 1 aromatic heterocycles. The van der Waals surface area contributed by atoms with Crippen molar-refractivity contribution >= 4 is 56.6 Å². The summed E-state index contributed by atoms with van der Waals surface area (Å²) in [5, 5.41) is 0.604. The van der Waals surface area contributed by atoms with Crippen LogP contribution in [0.4, 0.5) is 0 Å². The van der Waals surface area contributed by atoms with Crippen LogP contribution in [-0.2, 0) is 16.1 Å². The van der Waals surface area contributed by atoms with Crippen molar-refractivity contribution in [3.05, 3.63) is 50.7 Å². The Balaban J connectivity index is 2.14. The van der Waals surface area contributed by atoms with Gasteiger partial charge in [-0.3, -0.25) is 9.59 Å². The molecular weight excluding hydrogens is 451 g/mol. The Kier molecular flexibility index (Phi) is 7.02. The van der Waals surface area contributed by atoms with E-state index in [1.807, 2.05) is 0 Å². The average molecular weight is 469 g/mol. The summed E-state index contributed by atoms with van der Waals surface area (Å²) in [6.07, 6.45) is 0. The first-order valence-electron chi connectivity index (χ1n) is 8.83. The molecular formula is C20H18Cl2N2O5S. The molecule has 0 atom stereocenters. The molecule has 0 bridgehead atoms. The summed E-state index contributed by atoms with van der Waals surface area (Å²) >= 11 is 13.7. The van der Waals surface area contributed by atoms with Crippen LogP contribution in [0.5, 0.6) is 11.5 Å². The molecule has 30 heavy (non-hydrogen) atoms. The summed E-state index contributed by atoms with van der Waals surface area (Å²) in [6.45, 7) is 1.78. The number of carbonyl (C=O) groups excluding carboxylic acids is 2. The third-order valence-corrected chi connectivity index (χ3v) is 5.99. The van der Waals surface area contributed by atoms with E-state index in [9.17, 15) is 9.59 Å². The number of hydrogen-bond acceptors (Lipinski definition) is 6. The van der Waals surface area contributed by atoms with Crippen molar-refractivity contribution in [2.45, 2.75) is 13.5 Å². The summed E-state index contributed by atoms with van der Waals surface area (Å²) in [5.74, 6) is -0.0885. The molecule has 7 nitrogen and oxygen atoms in total. The van der Waals surface area contributed by atoms with Gasteiger partial charge in [-0.25, -0.2) is 0 Å². The first-order chi connectivity index (χ1) is 14.4. The number of ether oxygens (including phenoxy) is 3. The van der Waals surface area contributed by atoms with Gasteiger partial charge in [-0.2, -0.15) is 4.99 Å². The summed E-state index contributed by atoms with van der Waals surface area (Å²) in [5.41, 5.74) is 0.818. The molecule has 10 heteroatoms. The molecule has 0 spiro atoms. The quantitative estimate of drug-likeness (QED) is 0.503. The van der Waals surface area contributed by atoms with E-state index in [2.05, 4.69) is 4.99 Å². The van der Waals surface area contributed by atoms with Gasteiger partial charge in [0.25, 0.3) is 5.91 Å². The summed E-state index contributed by atoms with van der Waals surface area (Å²) in [7, 11) is 2.99. The molecule has 0 N–H and O–H groups in total. The molecule has 0 unspecified atom stereocenters. The molecule has 0 saturated carbocycles. The maximum absolute atomic E-state index is 12.8. The maximum atomic E-state index is 12.8. The molecule has 1 heterocycles. The predicted molar refractivity (Wildman–Crippen MR) is 116 cm³/mol. The van der Waals surface area contributed by atoms with Crippen LogP contribution in [0.15, 0.2) is 35.3 Å². The first kappa shape index (κ1) is 22.1. The number of aromatic nitrogens is 1. The van der Waals surface area contributed by atoms with E-state index in [-0.39, 0.29) is 18.2 Å². The Morgan fingerprint density at radius 1 is 1.10 bits per heavy atom. The molecule has 0 aliphatic carbocycles. The van der Waals surface area contributed by atoms with Crippen LogP contribution < -0.4 is 14.3 Å². The predicted octanol–water partition coefficient (Wildman–Crippen LogP) is 4.33. The van der Waals surface area contributed by atoms with Crippen LogP contribution in [0.3, 0.4) is 0 Å². The lowest BCUT2D eigenvalue weighted by Gasteiger charge is -2.08. The normalized spacial score (nSPS) is 11.6. The number of carbonyl (C=O) groups is 2. The topological polar surface area (TPSA) is 79.1 Å². The third-order valence-electron chi connectivity index (χ3n) is 4.15. The van der Waals surface area contributed by atoms with Crippen molar-refractivity contribution in [1.82, 2.24) is 4.57 Å². The van der Waals surface area contributed by atoms with Gasteiger partial charge in [-0.15, -0.1) is 0 Å². The van der Waals surface area contributed by atoms with Gasteiger partial charge in [-0.05, 0) is 37.3 Å². The largest absolute Gasteiger partial charge is 0.493 e. The highest BCUT2D eigenvalue weighted by Gasteiger charge is 2.17. The Labute approximate surface area is 186 Å². The van der Waals surface area contributed by atoms with Crippen molar-refractivity contribution in [2.24, 2.45) is 4.99 Å². The molecule has 3 rings (SSSR count). The fraction of sp³-hybridized carbons (Fsp3) is 0.250. The smallest absolute Gasteiger partial charge is 0.326 e. The van der Waals surface area contributed by atoms with Gasteiger partial charge in [-0.1, -0.05) is 34.5 Å². The van der Waals surface area contributed by atoms with Crippen LogP contribution in [0, 0.1) is 0 Å². The maximum Gasteiger partial charge on any atom is 0.326 e. The van der Waals surface area contributed by atoms with Gasteiger partial charge in [0, 0.05) is 5.56 Å². The molecule has 0 aliphatic rings. The number of nitrogens with zero attached hydrogens (tertiary/aromatic N) is 2. The number of methoxy groups -OCH3 is 2. The highest BCUT2D eigenvalue weighted by Crippen LogP contribution is 2.32. The van der Waals surface area contributed by atoms with Crippen molar-refractivity contribution < 1.29 is 23.8 Å². The Morgan fingerprint density at radius 2 is 1.83 bits per heavy atom. The minimum absolute atomic E-state index is 0.161. The van der Waals surface area contributed by atoms with Crippen LogP contribution in [0.1, 0.15) is 17.3 Å². The SMILES string of the molecule is CCOC(=O)Cn1c(=NC(=O)c2ccc(OC)c(OC)c2)sc2ccc(Cl)c(Cl)c21. The fourth-order valence-electron chi connectivity index (χ4n) is 2.79. The number of fused-ring (bicyclic) bond motifs is 1. The van der Waals surface area contributed by atoms with Gasteiger partial charge >= 0.3 is 5.97 Å². The lowest BCUT2D eigenvalue weighted by Crippen LogP contribution is -2.23. The van der Waals surface area contributed by atoms with E-state index >= 15 is 0 Å². The number of rotatable bonds is 6. The lowest BCUT2D eigenvalue weighted by molar-refractivity contribution is -0.143. The fourth-order valence-corrected chi connectivity index (χ4v) is 4.30. The van der Waals surface area contributed by atoms with Crippen LogP contribution >= 0.6 is 34.5 Å². The average Bonchev–Trinajstić information content (AvgIpc) is 3.07. The summed E-state index contributed by atoms with van der Waals surface area (Å²) in [4.78, 5) is 29.5. The zero-order chi connectivity index (χ0) is 21.8. The minimum Gasteiger partial charge on any atom is -0.493 e. The van der Waals surface area contributed by atoms with Crippen molar-refractivity contribution in [1.29, 1.82) is 0 Å². The number of thiazole rings is 1. The molecule has 1 amide bonds. The van der Waals surface area contributed by atoms with E-state index < -0.39 is 11.9 Å². The second-order valence-electron chi connectivity index (χ2n) is 5.97. The van der Waals surface area contributed by atoms with Gasteiger partial charge in [0.15, 0.2) is 16.3 Å². The van der Waals surface area contributed by atoms with Crippen molar-refractivity contribution in [3.8, 4) is 11.5 Å². The highest BCUT2D eigenvalue weighted by atomic mass is 35.5. The Morgan fingerprint density at radius 3 is 2.50 bits per heavy atom. The van der Waals surface area contributed by atoms with Crippen LogP contribution in [0.2, 0.25) is 10.0 Å². The number of benzene rings is 2. The monoisotopic (exact) mass is 468 g/mol. The van der Waals surface area contributed by atoms with E-state index in [0.717, 1.165) is 4.70 Å². The Hall–Kier alpha value is -2.55. The van der Waals surface area contributed by atoms with Crippen LogP contribution in [0.25, 0.3) is 10.2 Å². The molecule has 3 aromatic rings. The van der Waals surface area contributed by atoms with E-state index in [0.29, 0.717) is 32.4 Å². The zero-order valence-corrected chi connectivity index (χ0v) is 18.7. The van der Waals surface area contributed by atoms with E-state index in [1.54, 1.807) is 31.2 Å². The first-order valence-corrected chi connectivity index (χ1v) is 10.4. The van der Waals surface area contributed by atoms with Crippen LogP contribution in [-0.4, -0.2) is 37.3 Å². The summed E-state index contributed by atoms with van der Waals surface area (Å²) < 4.78 is 17.7. The molecule has 158 valence electrons. The highest BCUT2D eigenvalue weighted by molar-refractivity contribution is 7.16. The molecule has 0 radical (unpaired) electrons. The molecule has 0 saturated heterocycles. The molecule has 2 aromatic carbocycles. The number of esters is 1.